The first-order chi connectivity index (χ1) is 9.67. The van der Waals surface area contributed by atoms with Gasteiger partial charge in [0, 0.05) is 17.3 Å². The molecule has 5 nitrogen and oxygen atoms in total. The van der Waals surface area contributed by atoms with E-state index in [1.807, 2.05) is 0 Å². The molecule has 4 saturated carbocycles. The Bertz CT molecular complexity index is 534. The minimum atomic E-state index is -3.51. The van der Waals surface area contributed by atoms with Crippen LogP contribution in [-0.4, -0.2) is 30.9 Å². The van der Waals surface area contributed by atoms with Gasteiger partial charge in [0.2, 0.25) is 15.9 Å². The van der Waals surface area contributed by atoms with Crippen LogP contribution in [0.2, 0.25) is 0 Å². The number of amides is 1. The Morgan fingerprint density at radius 3 is 2.38 bits per heavy atom. The van der Waals surface area contributed by atoms with Crippen LogP contribution in [0.25, 0.3) is 0 Å². The third kappa shape index (κ3) is 3.62. The molecule has 120 valence electrons. The van der Waals surface area contributed by atoms with Crippen LogP contribution in [0.15, 0.2) is 0 Å². The number of sulfonamides is 1. The highest BCUT2D eigenvalue weighted by atomic mass is 79.9. The lowest BCUT2D eigenvalue weighted by Gasteiger charge is -2.60. The second-order valence-corrected chi connectivity index (χ2v) is 10.9. The van der Waals surface area contributed by atoms with Gasteiger partial charge in [-0.2, -0.15) is 0 Å². The number of rotatable bonds is 5. The quantitative estimate of drug-likeness (QED) is 0.710. The number of carbonyl (C=O) groups excluding carboxylic acids is 1. The normalized spacial score (nSPS) is 41.2. The zero-order valence-corrected chi connectivity index (χ0v) is 14.5. The zero-order chi connectivity index (χ0) is 15.3. The van der Waals surface area contributed by atoms with E-state index in [4.69, 9.17) is 5.14 Å². The summed E-state index contributed by atoms with van der Waals surface area (Å²) in [6.07, 6.45) is 7.73. The highest BCUT2D eigenvalue weighted by Gasteiger charge is 2.57. The number of alkyl halides is 1. The number of hydrogen-bond acceptors (Lipinski definition) is 3. The summed E-state index contributed by atoms with van der Waals surface area (Å²) in [5.41, 5.74) is 0.124. The average molecular weight is 379 g/mol. The summed E-state index contributed by atoms with van der Waals surface area (Å²) in [6.45, 7) is 0.111. The van der Waals surface area contributed by atoms with Crippen LogP contribution in [-0.2, 0) is 14.8 Å². The summed E-state index contributed by atoms with van der Waals surface area (Å²) in [5, 5.41) is 7.65. The van der Waals surface area contributed by atoms with Crippen LogP contribution in [0.4, 0.5) is 0 Å². The molecule has 0 aliphatic heterocycles. The van der Waals surface area contributed by atoms with Crippen molar-refractivity contribution >= 4 is 31.9 Å². The van der Waals surface area contributed by atoms with E-state index in [0.717, 1.165) is 31.1 Å². The van der Waals surface area contributed by atoms with E-state index in [1.54, 1.807) is 0 Å². The molecule has 0 unspecified atom stereocenters. The van der Waals surface area contributed by atoms with Crippen molar-refractivity contribution in [3.8, 4) is 0 Å². The third-order valence-corrected chi connectivity index (χ3v) is 7.06. The molecule has 0 aromatic rings. The Kier molecular flexibility index (Phi) is 3.90. The van der Waals surface area contributed by atoms with E-state index in [1.165, 1.54) is 19.3 Å². The fourth-order valence-corrected chi connectivity index (χ4v) is 7.18. The number of primary sulfonamides is 1. The van der Waals surface area contributed by atoms with Crippen LogP contribution in [0.3, 0.4) is 0 Å². The Balaban J connectivity index is 1.58. The lowest BCUT2D eigenvalue weighted by atomic mass is 9.48. The first-order valence-corrected chi connectivity index (χ1v) is 10.1. The van der Waals surface area contributed by atoms with Gasteiger partial charge in [-0.05, 0) is 55.8 Å². The molecule has 4 aliphatic rings. The highest BCUT2D eigenvalue weighted by Crippen LogP contribution is 2.65. The lowest BCUT2D eigenvalue weighted by molar-refractivity contribution is -0.128. The molecule has 0 heterocycles. The SMILES string of the molecule is NS(=O)(=O)CCNC(=O)CC12C[C@H]3C[C@@H](CC(Br)(C3)C1)C2. The molecular formula is C14H23BrN2O3S. The number of nitrogens with one attached hydrogen (secondary N) is 1. The minimum Gasteiger partial charge on any atom is -0.355 e. The van der Waals surface area contributed by atoms with E-state index in [2.05, 4.69) is 21.2 Å². The summed E-state index contributed by atoms with van der Waals surface area (Å²) in [6, 6.07) is 0. The average Bonchev–Trinajstić information content (AvgIpc) is 2.21. The lowest BCUT2D eigenvalue weighted by Crippen LogP contribution is -2.54. The van der Waals surface area contributed by atoms with Crippen molar-refractivity contribution in [3.63, 3.8) is 0 Å². The van der Waals surface area contributed by atoms with Crippen LogP contribution in [0.5, 0.6) is 0 Å². The molecule has 4 aliphatic carbocycles. The van der Waals surface area contributed by atoms with Gasteiger partial charge in [0.05, 0.1) is 5.75 Å². The molecule has 0 aromatic carbocycles. The molecule has 21 heavy (non-hydrogen) atoms. The maximum Gasteiger partial charge on any atom is 0.220 e. The summed E-state index contributed by atoms with van der Waals surface area (Å²) in [4.78, 5) is 12.2. The molecule has 0 radical (unpaired) electrons. The molecule has 0 saturated heterocycles. The van der Waals surface area contributed by atoms with Crippen molar-refractivity contribution in [3.05, 3.63) is 0 Å². The third-order valence-electron chi connectivity index (χ3n) is 5.36. The second-order valence-electron chi connectivity index (χ2n) is 7.51. The standard InChI is InChI=1S/C14H23BrN2O3S/c15-14-6-10-3-11(7-14)5-13(4-10,9-14)8-12(18)17-1-2-21(16,19)20/h10-11H,1-9H2,(H,17,18)(H2,16,19,20)/t10-,11-,13?,14?/m1/s1. The Morgan fingerprint density at radius 2 is 1.86 bits per heavy atom. The summed E-state index contributed by atoms with van der Waals surface area (Å²) < 4.78 is 22.0. The molecule has 0 aromatic heterocycles. The molecule has 0 spiro atoms. The van der Waals surface area contributed by atoms with Crippen LogP contribution >= 0.6 is 15.9 Å². The molecule has 7 heteroatoms. The van der Waals surface area contributed by atoms with E-state index in [9.17, 15) is 13.2 Å². The monoisotopic (exact) mass is 378 g/mol. The van der Waals surface area contributed by atoms with E-state index in [0.29, 0.717) is 6.42 Å². The predicted molar refractivity (Wildman–Crippen MR) is 84.4 cm³/mol. The molecule has 3 N–H and O–H groups in total. The predicted octanol–water partition coefficient (Wildman–Crippen LogP) is 1.52. The second kappa shape index (κ2) is 5.20. The number of nitrogens with two attached hydrogens (primary N) is 1. The number of carbonyl (C=O) groups is 1. The topological polar surface area (TPSA) is 89.3 Å². The maximum atomic E-state index is 12.2. The summed E-state index contributed by atoms with van der Waals surface area (Å²) >= 11 is 3.93. The van der Waals surface area contributed by atoms with Crippen LogP contribution in [0, 0.1) is 17.3 Å². The number of halogens is 1. The molecule has 4 rings (SSSR count). The van der Waals surface area contributed by atoms with Gasteiger partial charge in [-0.1, -0.05) is 15.9 Å². The van der Waals surface area contributed by atoms with Gasteiger partial charge in [0.25, 0.3) is 0 Å². The van der Waals surface area contributed by atoms with Crippen molar-refractivity contribution in [2.75, 3.05) is 12.3 Å². The minimum absolute atomic E-state index is 0.0308. The van der Waals surface area contributed by atoms with Crippen molar-refractivity contribution < 1.29 is 13.2 Å². The fourth-order valence-electron chi connectivity index (χ4n) is 5.28. The zero-order valence-electron chi connectivity index (χ0n) is 12.1. The van der Waals surface area contributed by atoms with E-state index in [-0.39, 0.29) is 27.9 Å². The molecule has 4 fully saturated rings. The van der Waals surface area contributed by atoms with Crippen molar-refractivity contribution in [1.82, 2.24) is 5.32 Å². The van der Waals surface area contributed by atoms with Gasteiger partial charge >= 0.3 is 0 Å². The highest BCUT2D eigenvalue weighted by molar-refractivity contribution is 9.10. The van der Waals surface area contributed by atoms with Crippen LogP contribution < -0.4 is 10.5 Å². The molecule has 2 atom stereocenters. The van der Waals surface area contributed by atoms with Crippen molar-refractivity contribution in [2.45, 2.75) is 49.3 Å². The van der Waals surface area contributed by atoms with Gasteiger partial charge in [0.1, 0.15) is 0 Å². The Morgan fingerprint density at radius 1 is 1.24 bits per heavy atom. The number of hydrogen-bond donors (Lipinski definition) is 2. The summed E-state index contributed by atoms with van der Waals surface area (Å²) in [7, 11) is -3.51. The van der Waals surface area contributed by atoms with Crippen molar-refractivity contribution in [1.29, 1.82) is 0 Å². The maximum absolute atomic E-state index is 12.2. The molecular weight excluding hydrogens is 356 g/mol. The van der Waals surface area contributed by atoms with Crippen molar-refractivity contribution in [2.24, 2.45) is 22.4 Å². The van der Waals surface area contributed by atoms with Crippen LogP contribution in [0.1, 0.15) is 44.9 Å². The van der Waals surface area contributed by atoms with Gasteiger partial charge < -0.3 is 5.32 Å². The largest absolute Gasteiger partial charge is 0.355 e. The molecule has 1 amide bonds. The van der Waals surface area contributed by atoms with Gasteiger partial charge in [-0.3, -0.25) is 4.79 Å². The van der Waals surface area contributed by atoms with Gasteiger partial charge in [-0.15, -0.1) is 0 Å². The first kappa shape index (κ1) is 15.7. The Labute approximate surface area is 134 Å². The van der Waals surface area contributed by atoms with E-state index >= 15 is 0 Å². The Hall–Kier alpha value is -0.140. The first-order valence-electron chi connectivity index (χ1n) is 7.63. The fraction of sp³-hybridized carbons (Fsp3) is 0.929. The van der Waals surface area contributed by atoms with Gasteiger partial charge in [-0.25, -0.2) is 13.6 Å². The van der Waals surface area contributed by atoms with Gasteiger partial charge in [0.15, 0.2) is 0 Å². The van der Waals surface area contributed by atoms with E-state index < -0.39 is 10.0 Å². The summed E-state index contributed by atoms with van der Waals surface area (Å²) in [5.74, 6) is 1.28. The molecule has 4 bridgehead atoms. The smallest absolute Gasteiger partial charge is 0.220 e.